The van der Waals surface area contributed by atoms with Crippen LogP contribution in [0.5, 0.6) is 0 Å². The first-order valence-electron chi connectivity index (χ1n) is 10.7. The van der Waals surface area contributed by atoms with Crippen LogP contribution in [-0.2, 0) is 20.7 Å². The molecule has 2 N–H and O–H groups in total. The average molecular weight is 512 g/mol. The van der Waals surface area contributed by atoms with Crippen LogP contribution in [0, 0.1) is 11.8 Å². The van der Waals surface area contributed by atoms with Crippen molar-refractivity contribution in [2.45, 2.75) is 44.7 Å². The zero-order valence-corrected chi connectivity index (χ0v) is 20.7. The standard InChI is InChI=1S/C24H27Cl2NO5S/c1-14(2)21(13-33(31)32)27-23(15-6-8-18(25)9-7-15)20(16-4-3-5-19(26)10-16)11-17(24(27)30)12-22(28)29/h3-10,14,17,20-21,23H,11-13H2,1-2H3,(H,28,29)(H,31,32). The van der Waals surface area contributed by atoms with E-state index in [1.165, 1.54) is 0 Å². The third kappa shape index (κ3) is 6.15. The quantitative estimate of drug-likeness (QED) is 0.463. The van der Waals surface area contributed by atoms with Gasteiger partial charge in [0.05, 0.1) is 18.2 Å². The van der Waals surface area contributed by atoms with Gasteiger partial charge in [-0.25, -0.2) is 4.21 Å². The fraction of sp³-hybridized carbons (Fsp3) is 0.417. The number of carbonyl (C=O) groups is 2. The van der Waals surface area contributed by atoms with Crippen LogP contribution in [-0.4, -0.2) is 42.4 Å². The van der Waals surface area contributed by atoms with E-state index in [1.54, 1.807) is 23.1 Å². The largest absolute Gasteiger partial charge is 0.481 e. The van der Waals surface area contributed by atoms with Crippen molar-refractivity contribution in [1.29, 1.82) is 0 Å². The molecule has 5 unspecified atom stereocenters. The highest BCUT2D eigenvalue weighted by atomic mass is 35.5. The summed E-state index contributed by atoms with van der Waals surface area (Å²) in [5, 5.41) is 10.6. The highest BCUT2D eigenvalue weighted by molar-refractivity contribution is 7.79. The Morgan fingerprint density at radius 1 is 1.12 bits per heavy atom. The summed E-state index contributed by atoms with van der Waals surface area (Å²) in [6.45, 7) is 3.78. The lowest BCUT2D eigenvalue weighted by Gasteiger charge is -2.49. The molecule has 1 heterocycles. The second kappa shape index (κ2) is 11.0. The Bertz CT molecular complexity index is 1030. The lowest BCUT2D eigenvalue weighted by Crippen LogP contribution is -2.55. The number of aliphatic carboxylic acids is 1. The third-order valence-corrected chi connectivity index (χ3v) is 7.29. The van der Waals surface area contributed by atoms with Gasteiger partial charge in [-0.1, -0.05) is 61.3 Å². The summed E-state index contributed by atoms with van der Waals surface area (Å²) in [5.41, 5.74) is 1.70. The van der Waals surface area contributed by atoms with Crippen molar-refractivity contribution in [3.05, 3.63) is 69.7 Å². The Labute approximate surface area is 206 Å². The predicted octanol–water partition coefficient (Wildman–Crippen LogP) is 5.39. The van der Waals surface area contributed by atoms with Crippen molar-refractivity contribution in [2.24, 2.45) is 11.8 Å². The Morgan fingerprint density at radius 3 is 2.33 bits per heavy atom. The molecule has 2 aromatic rings. The Balaban J connectivity index is 2.21. The minimum Gasteiger partial charge on any atom is -0.481 e. The maximum atomic E-state index is 13.7. The van der Waals surface area contributed by atoms with Crippen LogP contribution < -0.4 is 0 Å². The van der Waals surface area contributed by atoms with Gasteiger partial charge in [0.1, 0.15) is 0 Å². The van der Waals surface area contributed by atoms with Crippen LogP contribution in [0.2, 0.25) is 10.0 Å². The van der Waals surface area contributed by atoms with Gasteiger partial charge in [0, 0.05) is 27.9 Å². The molecule has 0 radical (unpaired) electrons. The molecule has 0 aliphatic carbocycles. The van der Waals surface area contributed by atoms with E-state index in [0.29, 0.717) is 16.5 Å². The SMILES string of the molecule is CC(C)C(CS(=O)O)N1C(=O)C(CC(=O)O)CC(c2cccc(Cl)c2)C1c1ccc(Cl)cc1. The maximum absolute atomic E-state index is 13.7. The molecule has 9 heteroatoms. The van der Waals surface area contributed by atoms with Crippen molar-refractivity contribution in [3.63, 3.8) is 0 Å². The van der Waals surface area contributed by atoms with Gasteiger partial charge in [0.25, 0.3) is 0 Å². The molecule has 1 aliphatic heterocycles. The number of carboxylic acids is 1. The van der Waals surface area contributed by atoms with Gasteiger partial charge >= 0.3 is 5.97 Å². The van der Waals surface area contributed by atoms with Gasteiger partial charge in [0.2, 0.25) is 5.91 Å². The van der Waals surface area contributed by atoms with Crippen LogP contribution in [0.4, 0.5) is 0 Å². The summed E-state index contributed by atoms with van der Waals surface area (Å²) in [6.07, 6.45) is 0.00899. The minimum atomic E-state index is -2.14. The van der Waals surface area contributed by atoms with Gasteiger partial charge in [-0.2, -0.15) is 0 Å². The second-order valence-electron chi connectivity index (χ2n) is 8.73. The van der Waals surface area contributed by atoms with Gasteiger partial charge in [0.15, 0.2) is 11.1 Å². The highest BCUT2D eigenvalue weighted by Gasteiger charge is 2.47. The van der Waals surface area contributed by atoms with E-state index in [9.17, 15) is 23.5 Å². The monoisotopic (exact) mass is 511 g/mol. The first-order chi connectivity index (χ1) is 15.6. The summed E-state index contributed by atoms with van der Waals surface area (Å²) in [4.78, 5) is 26.9. The Morgan fingerprint density at radius 2 is 1.79 bits per heavy atom. The molecule has 1 fully saturated rings. The smallest absolute Gasteiger partial charge is 0.304 e. The summed E-state index contributed by atoms with van der Waals surface area (Å²) < 4.78 is 21.6. The van der Waals surface area contributed by atoms with Crippen molar-refractivity contribution < 1.29 is 23.5 Å². The number of carbonyl (C=O) groups excluding carboxylic acids is 1. The highest BCUT2D eigenvalue weighted by Crippen LogP contribution is 2.48. The number of nitrogens with zero attached hydrogens (tertiary/aromatic N) is 1. The molecular weight excluding hydrogens is 485 g/mol. The molecule has 1 saturated heterocycles. The number of carboxylic acid groups (broad SMARTS) is 1. The van der Waals surface area contributed by atoms with E-state index in [1.807, 2.05) is 44.2 Å². The number of benzene rings is 2. The van der Waals surface area contributed by atoms with E-state index in [-0.39, 0.29) is 29.9 Å². The van der Waals surface area contributed by atoms with Gasteiger partial charge < -0.3 is 14.6 Å². The number of likely N-dealkylation sites (tertiary alicyclic amines) is 1. The van der Waals surface area contributed by atoms with Crippen LogP contribution in [0.1, 0.15) is 49.8 Å². The van der Waals surface area contributed by atoms with Gasteiger partial charge in [-0.15, -0.1) is 0 Å². The fourth-order valence-corrected chi connectivity index (χ4v) is 5.84. The Hall–Kier alpha value is -1.93. The molecule has 1 aliphatic rings. The number of piperidine rings is 1. The molecule has 6 nitrogen and oxygen atoms in total. The average Bonchev–Trinajstić information content (AvgIpc) is 2.73. The molecule has 0 aromatic heterocycles. The van der Waals surface area contributed by atoms with E-state index in [4.69, 9.17) is 23.2 Å². The van der Waals surface area contributed by atoms with Crippen LogP contribution in [0.25, 0.3) is 0 Å². The Kier molecular flexibility index (Phi) is 8.56. The zero-order valence-electron chi connectivity index (χ0n) is 18.4. The number of amides is 1. The molecule has 1 amide bonds. The molecule has 0 spiro atoms. The first-order valence-corrected chi connectivity index (χ1v) is 12.7. The van der Waals surface area contributed by atoms with Gasteiger partial charge in [-0.3, -0.25) is 9.59 Å². The van der Waals surface area contributed by atoms with Crippen molar-refractivity contribution >= 4 is 46.2 Å². The second-order valence-corrected chi connectivity index (χ2v) is 10.6. The number of hydrogen-bond donors (Lipinski definition) is 2. The lowest BCUT2D eigenvalue weighted by atomic mass is 9.74. The van der Waals surface area contributed by atoms with Crippen LogP contribution >= 0.6 is 23.2 Å². The number of rotatable bonds is 8. The molecule has 178 valence electrons. The molecule has 0 bridgehead atoms. The normalized spacial score (nSPS) is 22.9. The predicted molar refractivity (Wildman–Crippen MR) is 130 cm³/mol. The molecule has 2 aromatic carbocycles. The summed E-state index contributed by atoms with van der Waals surface area (Å²) in [5.74, 6) is -2.67. The van der Waals surface area contributed by atoms with Crippen LogP contribution in [0.15, 0.2) is 48.5 Å². The zero-order chi connectivity index (χ0) is 24.3. The van der Waals surface area contributed by atoms with Crippen molar-refractivity contribution in [2.75, 3.05) is 5.75 Å². The molecule has 33 heavy (non-hydrogen) atoms. The summed E-state index contributed by atoms with van der Waals surface area (Å²) in [7, 11) is 0. The van der Waals surface area contributed by atoms with Crippen molar-refractivity contribution in [3.8, 4) is 0 Å². The molecule has 5 atom stereocenters. The first kappa shape index (κ1) is 25.7. The van der Waals surface area contributed by atoms with Crippen LogP contribution in [0.3, 0.4) is 0 Å². The molecule has 3 rings (SSSR count). The maximum Gasteiger partial charge on any atom is 0.304 e. The fourth-order valence-electron chi connectivity index (χ4n) is 4.68. The van der Waals surface area contributed by atoms with E-state index >= 15 is 0 Å². The minimum absolute atomic E-state index is 0.129. The number of halogens is 2. The van der Waals surface area contributed by atoms with Crippen molar-refractivity contribution in [1.82, 2.24) is 4.90 Å². The topological polar surface area (TPSA) is 94.9 Å². The lowest BCUT2D eigenvalue weighted by molar-refractivity contribution is -0.152. The number of hydrogen-bond acceptors (Lipinski definition) is 3. The molecule has 0 saturated carbocycles. The van der Waals surface area contributed by atoms with Gasteiger partial charge in [-0.05, 0) is 47.7 Å². The third-order valence-electron chi connectivity index (χ3n) is 6.17. The van der Waals surface area contributed by atoms with E-state index < -0.39 is 35.1 Å². The van der Waals surface area contributed by atoms with E-state index in [2.05, 4.69) is 0 Å². The van der Waals surface area contributed by atoms with E-state index in [0.717, 1.165) is 11.1 Å². The molecular formula is C24H27Cl2NO5S. The summed E-state index contributed by atoms with van der Waals surface area (Å²) in [6, 6.07) is 13.5. The summed E-state index contributed by atoms with van der Waals surface area (Å²) >= 11 is 10.3.